The summed E-state index contributed by atoms with van der Waals surface area (Å²) in [6.07, 6.45) is 0.481. The van der Waals surface area contributed by atoms with Gasteiger partial charge in [0.05, 0.1) is 29.5 Å². The maximum atomic E-state index is 12.0. The van der Waals surface area contributed by atoms with E-state index < -0.39 is 11.4 Å². The van der Waals surface area contributed by atoms with Crippen LogP contribution in [0.2, 0.25) is 0 Å². The standard InChI is InChI=1S/C13H20N4O2/c1-5-17-11(10(15)9(2)16-17)12(18)19-7-6-13(3,4)8-14/h5-7,15H2,1-4H3. The van der Waals surface area contributed by atoms with Crippen LogP contribution in [0.3, 0.4) is 0 Å². The van der Waals surface area contributed by atoms with Crippen molar-refractivity contribution >= 4 is 11.7 Å². The lowest BCUT2D eigenvalue weighted by atomic mass is 9.92. The van der Waals surface area contributed by atoms with Crippen molar-refractivity contribution in [2.75, 3.05) is 12.3 Å². The molecule has 2 N–H and O–H groups in total. The minimum Gasteiger partial charge on any atom is -0.461 e. The van der Waals surface area contributed by atoms with Crippen molar-refractivity contribution in [1.82, 2.24) is 9.78 Å². The molecule has 0 bridgehead atoms. The Kier molecular flexibility index (Phi) is 4.54. The molecule has 19 heavy (non-hydrogen) atoms. The molecule has 0 saturated carbocycles. The van der Waals surface area contributed by atoms with E-state index in [0.717, 1.165) is 0 Å². The Bertz CT molecular complexity index is 511. The highest BCUT2D eigenvalue weighted by Gasteiger charge is 2.22. The van der Waals surface area contributed by atoms with Crippen LogP contribution in [0, 0.1) is 23.7 Å². The molecule has 0 spiro atoms. The molecule has 1 heterocycles. The van der Waals surface area contributed by atoms with E-state index >= 15 is 0 Å². The highest BCUT2D eigenvalue weighted by molar-refractivity contribution is 5.93. The summed E-state index contributed by atoms with van der Waals surface area (Å²) >= 11 is 0. The van der Waals surface area contributed by atoms with Crippen LogP contribution in [-0.2, 0) is 11.3 Å². The second kappa shape index (κ2) is 5.74. The number of anilines is 1. The van der Waals surface area contributed by atoms with E-state index in [1.54, 1.807) is 20.8 Å². The Morgan fingerprint density at radius 1 is 1.58 bits per heavy atom. The van der Waals surface area contributed by atoms with Crippen molar-refractivity contribution in [3.63, 3.8) is 0 Å². The van der Waals surface area contributed by atoms with Crippen LogP contribution < -0.4 is 5.73 Å². The van der Waals surface area contributed by atoms with Crippen LogP contribution in [0.1, 0.15) is 43.4 Å². The number of carbonyl (C=O) groups excluding carboxylic acids is 1. The molecule has 0 aliphatic rings. The normalized spacial score (nSPS) is 11.1. The summed E-state index contributed by atoms with van der Waals surface area (Å²) in [5.41, 5.74) is 6.58. The van der Waals surface area contributed by atoms with Gasteiger partial charge in [-0.15, -0.1) is 0 Å². The van der Waals surface area contributed by atoms with Gasteiger partial charge in [0.1, 0.15) is 0 Å². The predicted octanol–water partition coefficient (Wildman–Crippen LogP) is 1.89. The van der Waals surface area contributed by atoms with E-state index in [2.05, 4.69) is 11.2 Å². The summed E-state index contributed by atoms with van der Waals surface area (Å²) in [6.45, 7) is 7.96. The van der Waals surface area contributed by atoms with Gasteiger partial charge in [-0.3, -0.25) is 4.68 Å². The summed E-state index contributed by atoms with van der Waals surface area (Å²) in [5.74, 6) is -0.492. The number of rotatable bonds is 5. The van der Waals surface area contributed by atoms with Crippen molar-refractivity contribution < 1.29 is 9.53 Å². The molecule has 0 radical (unpaired) electrons. The third-order valence-corrected chi connectivity index (χ3v) is 2.93. The third-order valence-electron chi connectivity index (χ3n) is 2.93. The summed E-state index contributed by atoms with van der Waals surface area (Å²) in [6, 6.07) is 2.16. The van der Waals surface area contributed by atoms with Crippen molar-refractivity contribution in [2.24, 2.45) is 5.41 Å². The average molecular weight is 264 g/mol. The summed E-state index contributed by atoms with van der Waals surface area (Å²) in [7, 11) is 0. The van der Waals surface area contributed by atoms with Gasteiger partial charge in [-0.25, -0.2) is 4.79 Å². The maximum Gasteiger partial charge on any atom is 0.358 e. The Morgan fingerprint density at radius 2 is 2.21 bits per heavy atom. The van der Waals surface area contributed by atoms with Crippen LogP contribution in [0.15, 0.2) is 0 Å². The molecule has 0 fully saturated rings. The van der Waals surface area contributed by atoms with Gasteiger partial charge in [0.15, 0.2) is 5.69 Å². The zero-order valence-corrected chi connectivity index (χ0v) is 11.9. The third kappa shape index (κ3) is 3.47. The minimum absolute atomic E-state index is 0.187. The van der Waals surface area contributed by atoms with Crippen molar-refractivity contribution in [1.29, 1.82) is 5.26 Å². The number of aryl methyl sites for hydroxylation is 2. The quantitative estimate of drug-likeness (QED) is 0.819. The maximum absolute atomic E-state index is 12.0. The van der Waals surface area contributed by atoms with Gasteiger partial charge in [-0.2, -0.15) is 10.4 Å². The number of ether oxygens (including phenoxy) is 1. The molecule has 104 valence electrons. The number of aromatic nitrogens is 2. The zero-order valence-electron chi connectivity index (χ0n) is 11.9. The largest absolute Gasteiger partial charge is 0.461 e. The number of carbonyl (C=O) groups is 1. The minimum atomic E-state index is -0.507. The number of hydrogen-bond donors (Lipinski definition) is 1. The van der Waals surface area contributed by atoms with Gasteiger partial charge < -0.3 is 10.5 Å². The molecule has 0 aromatic carbocycles. The second-order valence-electron chi connectivity index (χ2n) is 5.05. The number of nitrogens with zero attached hydrogens (tertiary/aromatic N) is 3. The van der Waals surface area contributed by atoms with E-state index in [1.165, 1.54) is 4.68 Å². The Balaban J connectivity index is 2.72. The molecule has 1 aromatic rings. The molecular formula is C13H20N4O2. The Labute approximate surface area is 113 Å². The van der Waals surface area contributed by atoms with Gasteiger partial charge in [-0.1, -0.05) is 0 Å². The smallest absolute Gasteiger partial charge is 0.358 e. The van der Waals surface area contributed by atoms with Crippen molar-refractivity contribution in [3.8, 4) is 6.07 Å². The fraction of sp³-hybridized carbons (Fsp3) is 0.615. The molecule has 0 aliphatic heterocycles. The van der Waals surface area contributed by atoms with Crippen LogP contribution in [0.5, 0.6) is 0 Å². The van der Waals surface area contributed by atoms with E-state index in [-0.39, 0.29) is 12.3 Å². The van der Waals surface area contributed by atoms with Gasteiger partial charge in [0.25, 0.3) is 0 Å². The number of esters is 1. The second-order valence-corrected chi connectivity index (χ2v) is 5.05. The van der Waals surface area contributed by atoms with Gasteiger partial charge in [-0.05, 0) is 34.1 Å². The molecule has 0 saturated heterocycles. The summed E-state index contributed by atoms with van der Waals surface area (Å²) in [4.78, 5) is 12.0. The van der Waals surface area contributed by atoms with Crippen LogP contribution in [0.25, 0.3) is 0 Å². The summed E-state index contributed by atoms with van der Waals surface area (Å²) < 4.78 is 6.70. The monoisotopic (exact) mass is 264 g/mol. The number of hydrogen-bond acceptors (Lipinski definition) is 5. The number of nitriles is 1. The lowest BCUT2D eigenvalue weighted by molar-refractivity contribution is 0.0462. The zero-order chi connectivity index (χ0) is 14.6. The van der Waals surface area contributed by atoms with Crippen LogP contribution >= 0.6 is 0 Å². The van der Waals surface area contributed by atoms with Gasteiger partial charge >= 0.3 is 5.97 Å². The van der Waals surface area contributed by atoms with Crippen LogP contribution in [0.4, 0.5) is 5.69 Å². The molecule has 1 aromatic heterocycles. The molecule has 1 rings (SSSR count). The predicted molar refractivity (Wildman–Crippen MR) is 71.3 cm³/mol. The molecule has 0 unspecified atom stereocenters. The number of nitrogen functional groups attached to an aromatic ring is 1. The highest BCUT2D eigenvalue weighted by atomic mass is 16.5. The topological polar surface area (TPSA) is 93.9 Å². The average Bonchev–Trinajstić information content (AvgIpc) is 2.65. The van der Waals surface area contributed by atoms with E-state index in [4.69, 9.17) is 15.7 Å². The SMILES string of the molecule is CCn1nc(C)c(N)c1C(=O)OCCC(C)(C)C#N. The van der Waals surface area contributed by atoms with Crippen molar-refractivity contribution in [3.05, 3.63) is 11.4 Å². The fourth-order valence-corrected chi connectivity index (χ4v) is 1.56. The number of nitrogens with two attached hydrogens (primary N) is 1. The Hall–Kier alpha value is -2.03. The van der Waals surface area contributed by atoms with E-state index in [0.29, 0.717) is 24.3 Å². The van der Waals surface area contributed by atoms with Gasteiger partial charge in [0, 0.05) is 6.54 Å². The highest BCUT2D eigenvalue weighted by Crippen LogP contribution is 2.20. The molecule has 6 heteroatoms. The Morgan fingerprint density at radius 3 is 2.74 bits per heavy atom. The molecule has 0 amide bonds. The van der Waals surface area contributed by atoms with Gasteiger partial charge in [0.2, 0.25) is 0 Å². The lowest BCUT2D eigenvalue weighted by Crippen LogP contribution is -2.18. The van der Waals surface area contributed by atoms with Crippen molar-refractivity contribution in [2.45, 2.75) is 40.7 Å². The first-order chi connectivity index (χ1) is 8.82. The molecular weight excluding hydrogens is 244 g/mol. The van der Waals surface area contributed by atoms with Crippen LogP contribution in [-0.4, -0.2) is 22.4 Å². The first-order valence-corrected chi connectivity index (χ1v) is 6.23. The summed E-state index contributed by atoms with van der Waals surface area (Å²) in [5, 5.41) is 13.0. The molecule has 0 atom stereocenters. The molecule has 6 nitrogen and oxygen atoms in total. The molecule has 0 aliphatic carbocycles. The first kappa shape index (κ1) is 15.0. The fourth-order valence-electron chi connectivity index (χ4n) is 1.56. The van der Waals surface area contributed by atoms with E-state index in [1.807, 2.05) is 6.92 Å². The first-order valence-electron chi connectivity index (χ1n) is 6.23. The van der Waals surface area contributed by atoms with E-state index in [9.17, 15) is 4.79 Å². The lowest BCUT2D eigenvalue weighted by Gasteiger charge is -2.14.